The average molecular weight is 218 g/mol. The minimum Gasteiger partial charge on any atom is -0.402 e. The summed E-state index contributed by atoms with van der Waals surface area (Å²) in [7, 11) is 0. The lowest BCUT2D eigenvalue weighted by Gasteiger charge is -2.06. The molecule has 0 atom stereocenters. The van der Waals surface area contributed by atoms with Crippen LogP contribution in [0.5, 0.6) is 0 Å². The SMILES string of the molecule is C/C(N)=C(\C)C(=O)NCCc1ccccc1. The van der Waals surface area contributed by atoms with Crippen LogP contribution in [0.2, 0.25) is 0 Å². The highest BCUT2D eigenvalue weighted by Gasteiger charge is 2.04. The van der Waals surface area contributed by atoms with E-state index in [-0.39, 0.29) is 5.91 Å². The number of allylic oxidation sites excluding steroid dienone is 1. The molecule has 0 heterocycles. The Balaban J connectivity index is 2.37. The van der Waals surface area contributed by atoms with Gasteiger partial charge in [0.15, 0.2) is 0 Å². The number of nitrogens with two attached hydrogens (primary N) is 1. The van der Waals surface area contributed by atoms with Gasteiger partial charge in [0.05, 0.1) is 0 Å². The first-order chi connectivity index (χ1) is 7.61. The van der Waals surface area contributed by atoms with Crippen molar-refractivity contribution in [1.29, 1.82) is 0 Å². The van der Waals surface area contributed by atoms with E-state index in [1.807, 2.05) is 30.3 Å². The average Bonchev–Trinajstić information content (AvgIpc) is 2.29. The molecule has 16 heavy (non-hydrogen) atoms. The molecule has 0 radical (unpaired) electrons. The Morgan fingerprint density at radius 3 is 2.44 bits per heavy atom. The monoisotopic (exact) mass is 218 g/mol. The Morgan fingerprint density at radius 1 is 1.25 bits per heavy atom. The third-order valence-corrected chi connectivity index (χ3v) is 2.47. The van der Waals surface area contributed by atoms with Crippen molar-refractivity contribution < 1.29 is 4.79 Å². The molecular weight excluding hydrogens is 200 g/mol. The van der Waals surface area contributed by atoms with Crippen molar-refractivity contribution in [3.05, 3.63) is 47.2 Å². The maximum atomic E-state index is 11.5. The second kappa shape index (κ2) is 5.95. The number of carbonyl (C=O) groups excluding carboxylic acids is 1. The smallest absolute Gasteiger partial charge is 0.248 e. The topological polar surface area (TPSA) is 55.1 Å². The van der Waals surface area contributed by atoms with E-state index in [0.717, 1.165) is 6.42 Å². The molecule has 0 bridgehead atoms. The minimum atomic E-state index is -0.0871. The van der Waals surface area contributed by atoms with E-state index in [1.165, 1.54) is 5.56 Å². The van der Waals surface area contributed by atoms with Crippen molar-refractivity contribution in [1.82, 2.24) is 5.32 Å². The molecule has 0 saturated carbocycles. The Bertz CT molecular complexity index is 378. The summed E-state index contributed by atoms with van der Waals surface area (Å²) in [5, 5.41) is 2.84. The Labute approximate surface area is 96.3 Å². The Kier molecular flexibility index (Phi) is 4.58. The molecule has 0 saturated heterocycles. The fraction of sp³-hybridized carbons (Fsp3) is 0.308. The second-order valence-corrected chi connectivity index (χ2v) is 3.80. The number of amides is 1. The summed E-state index contributed by atoms with van der Waals surface area (Å²) in [5.74, 6) is -0.0871. The summed E-state index contributed by atoms with van der Waals surface area (Å²) in [5.41, 5.74) is 7.91. The zero-order valence-electron chi connectivity index (χ0n) is 9.79. The molecule has 0 aliphatic heterocycles. The largest absolute Gasteiger partial charge is 0.402 e. The van der Waals surface area contributed by atoms with Gasteiger partial charge in [0.2, 0.25) is 5.91 Å². The molecule has 3 N–H and O–H groups in total. The molecule has 0 spiro atoms. The van der Waals surface area contributed by atoms with E-state index in [2.05, 4.69) is 5.32 Å². The Morgan fingerprint density at radius 2 is 1.88 bits per heavy atom. The van der Waals surface area contributed by atoms with Crippen LogP contribution in [0.4, 0.5) is 0 Å². The van der Waals surface area contributed by atoms with Crippen LogP contribution in [0.15, 0.2) is 41.6 Å². The predicted octanol–water partition coefficient (Wildman–Crippen LogP) is 1.60. The van der Waals surface area contributed by atoms with Gasteiger partial charge in [-0.05, 0) is 25.8 Å². The van der Waals surface area contributed by atoms with E-state index >= 15 is 0 Å². The van der Waals surface area contributed by atoms with Crippen molar-refractivity contribution >= 4 is 5.91 Å². The quantitative estimate of drug-likeness (QED) is 0.754. The molecule has 86 valence electrons. The maximum Gasteiger partial charge on any atom is 0.248 e. The van der Waals surface area contributed by atoms with Crippen LogP contribution in [-0.4, -0.2) is 12.5 Å². The van der Waals surface area contributed by atoms with Crippen LogP contribution < -0.4 is 11.1 Å². The number of rotatable bonds is 4. The van der Waals surface area contributed by atoms with E-state index < -0.39 is 0 Å². The van der Waals surface area contributed by atoms with Gasteiger partial charge in [-0.25, -0.2) is 0 Å². The van der Waals surface area contributed by atoms with Gasteiger partial charge < -0.3 is 11.1 Å². The van der Waals surface area contributed by atoms with Gasteiger partial charge in [0.1, 0.15) is 0 Å². The lowest BCUT2D eigenvalue weighted by atomic mass is 10.1. The first-order valence-corrected chi connectivity index (χ1v) is 5.36. The van der Waals surface area contributed by atoms with Gasteiger partial charge in [-0.3, -0.25) is 4.79 Å². The fourth-order valence-electron chi connectivity index (χ4n) is 1.28. The third kappa shape index (κ3) is 3.77. The molecule has 0 fully saturated rings. The Hall–Kier alpha value is -1.77. The van der Waals surface area contributed by atoms with Gasteiger partial charge in [-0.15, -0.1) is 0 Å². The summed E-state index contributed by atoms with van der Waals surface area (Å²) in [6.07, 6.45) is 0.837. The van der Waals surface area contributed by atoms with Crippen LogP contribution in [0.1, 0.15) is 19.4 Å². The summed E-state index contributed by atoms with van der Waals surface area (Å²) >= 11 is 0. The van der Waals surface area contributed by atoms with E-state index in [9.17, 15) is 4.79 Å². The molecule has 0 unspecified atom stereocenters. The number of nitrogens with one attached hydrogen (secondary N) is 1. The van der Waals surface area contributed by atoms with Gasteiger partial charge >= 0.3 is 0 Å². The van der Waals surface area contributed by atoms with Crippen LogP contribution in [-0.2, 0) is 11.2 Å². The number of carbonyl (C=O) groups is 1. The van der Waals surface area contributed by atoms with Crippen LogP contribution in [0.3, 0.4) is 0 Å². The standard InChI is InChI=1S/C13H18N2O/c1-10(11(2)14)13(16)15-9-8-12-6-4-3-5-7-12/h3-7H,8-9,14H2,1-2H3,(H,15,16)/b11-10-. The molecule has 3 nitrogen and oxygen atoms in total. The molecule has 1 aromatic carbocycles. The summed E-state index contributed by atoms with van der Waals surface area (Å²) in [6.45, 7) is 4.09. The van der Waals surface area contributed by atoms with Gasteiger partial charge in [-0.1, -0.05) is 30.3 Å². The lowest BCUT2D eigenvalue weighted by molar-refractivity contribution is -0.117. The molecule has 1 amide bonds. The molecule has 0 aliphatic carbocycles. The molecule has 1 rings (SSSR count). The fourth-order valence-corrected chi connectivity index (χ4v) is 1.28. The van der Waals surface area contributed by atoms with Gasteiger partial charge in [0.25, 0.3) is 0 Å². The lowest BCUT2D eigenvalue weighted by Crippen LogP contribution is -2.27. The van der Waals surface area contributed by atoms with E-state index in [4.69, 9.17) is 5.73 Å². The number of benzene rings is 1. The van der Waals surface area contributed by atoms with E-state index in [1.54, 1.807) is 13.8 Å². The van der Waals surface area contributed by atoms with Crippen LogP contribution in [0, 0.1) is 0 Å². The normalized spacial score (nSPS) is 11.9. The first kappa shape index (κ1) is 12.3. The van der Waals surface area contributed by atoms with Crippen molar-refractivity contribution in [2.24, 2.45) is 5.73 Å². The molecule has 3 heteroatoms. The molecule has 0 aromatic heterocycles. The summed E-state index contributed by atoms with van der Waals surface area (Å²) in [6, 6.07) is 10.1. The first-order valence-electron chi connectivity index (χ1n) is 5.36. The number of hydrogen-bond acceptors (Lipinski definition) is 2. The zero-order chi connectivity index (χ0) is 12.0. The van der Waals surface area contributed by atoms with Crippen molar-refractivity contribution in [3.8, 4) is 0 Å². The zero-order valence-corrected chi connectivity index (χ0v) is 9.79. The molecule has 0 aliphatic rings. The third-order valence-electron chi connectivity index (χ3n) is 2.47. The highest BCUT2D eigenvalue weighted by molar-refractivity contribution is 5.93. The number of hydrogen-bond donors (Lipinski definition) is 2. The van der Waals surface area contributed by atoms with E-state index in [0.29, 0.717) is 17.8 Å². The highest BCUT2D eigenvalue weighted by Crippen LogP contribution is 1.99. The van der Waals surface area contributed by atoms with Gasteiger partial charge in [0, 0.05) is 17.8 Å². The van der Waals surface area contributed by atoms with Crippen molar-refractivity contribution in [2.75, 3.05) is 6.54 Å². The van der Waals surface area contributed by atoms with Crippen molar-refractivity contribution in [2.45, 2.75) is 20.3 Å². The van der Waals surface area contributed by atoms with Crippen molar-refractivity contribution in [3.63, 3.8) is 0 Å². The summed E-state index contributed by atoms with van der Waals surface area (Å²) in [4.78, 5) is 11.5. The van der Waals surface area contributed by atoms with Crippen LogP contribution in [0.25, 0.3) is 0 Å². The molecule has 1 aromatic rings. The second-order valence-electron chi connectivity index (χ2n) is 3.80. The maximum absolute atomic E-state index is 11.5. The molecular formula is C13H18N2O. The minimum absolute atomic E-state index is 0.0871. The van der Waals surface area contributed by atoms with Crippen LogP contribution >= 0.6 is 0 Å². The highest BCUT2D eigenvalue weighted by atomic mass is 16.1. The predicted molar refractivity (Wildman–Crippen MR) is 65.7 cm³/mol. The van der Waals surface area contributed by atoms with Gasteiger partial charge in [-0.2, -0.15) is 0 Å². The summed E-state index contributed by atoms with van der Waals surface area (Å²) < 4.78 is 0.